The number of hydrogen-bond donors (Lipinski definition) is 2. The third kappa shape index (κ3) is 3.34. The van der Waals surface area contributed by atoms with Crippen LogP contribution in [0.15, 0.2) is 12.4 Å². The van der Waals surface area contributed by atoms with Crippen molar-refractivity contribution < 1.29 is 4.79 Å². The largest absolute Gasteiger partial charge is 0.355 e. The molecule has 0 bridgehead atoms. The van der Waals surface area contributed by atoms with Gasteiger partial charge in [-0.05, 0) is 19.3 Å². The van der Waals surface area contributed by atoms with Crippen molar-refractivity contribution in [3.05, 3.63) is 18.2 Å². The molecule has 102 valence electrons. The first kappa shape index (κ1) is 13.6. The lowest BCUT2D eigenvalue weighted by atomic mass is 9.74. The minimum Gasteiger partial charge on any atom is -0.355 e. The third-order valence-corrected chi connectivity index (χ3v) is 3.79. The van der Waals surface area contributed by atoms with Crippen LogP contribution in [0.25, 0.3) is 0 Å². The molecule has 1 fully saturated rings. The summed E-state index contributed by atoms with van der Waals surface area (Å²) in [6.07, 6.45) is 9.66. The summed E-state index contributed by atoms with van der Waals surface area (Å²) >= 11 is 0. The van der Waals surface area contributed by atoms with Crippen molar-refractivity contribution in [3.8, 4) is 6.07 Å². The molecule has 0 saturated heterocycles. The Balaban J connectivity index is 1.75. The van der Waals surface area contributed by atoms with Crippen LogP contribution in [-0.2, 0) is 11.2 Å². The van der Waals surface area contributed by atoms with Gasteiger partial charge in [-0.25, -0.2) is 4.98 Å². The normalized spacial score (nSPS) is 17.6. The first-order valence-electron chi connectivity index (χ1n) is 6.95. The van der Waals surface area contributed by atoms with Gasteiger partial charge >= 0.3 is 0 Å². The molecule has 1 saturated carbocycles. The number of imidazole rings is 1. The highest BCUT2D eigenvalue weighted by atomic mass is 16.2. The van der Waals surface area contributed by atoms with Crippen molar-refractivity contribution in [1.29, 1.82) is 5.26 Å². The standard InChI is InChI=1S/C14H20N4O/c15-11-14(6-2-1-3-7-14)13(19)18-8-4-5-12-16-9-10-17-12/h9-10H,1-8H2,(H,16,17)(H,18,19). The van der Waals surface area contributed by atoms with Gasteiger partial charge in [-0.3, -0.25) is 4.79 Å². The van der Waals surface area contributed by atoms with Gasteiger partial charge in [0.1, 0.15) is 11.2 Å². The zero-order valence-corrected chi connectivity index (χ0v) is 11.1. The van der Waals surface area contributed by atoms with E-state index in [9.17, 15) is 10.1 Å². The number of aryl methyl sites for hydroxylation is 1. The Morgan fingerprint density at radius 2 is 2.26 bits per heavy atom. The van der Waals surface area contributed by atoms with Gasteiger partial charge in [-0.1, -0.05) is 19.3 Å². The zero-order valence-electron chi connectivity index (χ0n) is 11.1. The van der Waals surface area contributed by atoms with Gasteiger partial charge in [0.25, 0.3) is 0 Å². The number of carbonyl (C=O) groups excluding carboxylic acids is 1. The smallest absolute Gasteiger partial charge is 0.240 e. The van der Waals surface area contributed by atoms with Crippen LogP contribution in [0, 0.1) is 16.7 Å². The second-order valence-corrected chi connectivity index (χ2v) is 5.15. The predicted octanol–water partition coefficient (Wildman–Crippen LogP) is 1.93. The van der Waals surface area contributed by atoms with E-state index in [1.54, 1.807) is 12.4 Å². The minimum atomic E-state index is -0.775. The quantitative estimate of drug-likeness (QED) is 0.794. The molecule has 0 radical (unpaired) electrons. The van der Waals surface area contributed by atoms with E-state index in [4.69, 9.17) is 0 Å². The summed E-state index contributed by atoms with van der Waals surface area (Å²) in [6.45, 7) is 0.600. The van der Waals surface area contributed by atoms with Crippen molar-refractivity contribution >= 4 is 5.91 Å². The van der Waals surface area contributed by atoms with Crippen LogP contribution in [-0.4, -0.2) is 22.4 Å². The van der Waals surface area contributed by atoms with E-state index in [0.29, 0.717) is 19.4 Å². The monoisotopic (exact) mass is 260 g/mol. The van der Waals surface area contributed by atoms with E-state index in [1.165, 1.54) is 0 Å². The summed E-state index contributed by atoms with van der Waals surface area (Å²) in [7, 11) is 0. The number of nitriles is 1. The van der Waals surface area contributed by atoms with Gasteiger partial charge in [-0.15, -0.1) is 0 Å². The van der Waals surface area contributed by atoms with Gasteiger partial charge in [0, 0.05) is 25.4 Å². The molecule has 0 aliphatic heterocycles. The topological polar surface area (TPSA) is 81.6 Å². The average molecular weight is 260 g/mol. The van der Waals surface area contributed by atoms with E-state index in [2.05, 4.69) is 21.4 Å². The number of aromatic nitrogens is 2. The fraction of sp³-hybridized carbons (Fsp3) is 0.643. The molecule has 0 atom stereocenters. The number of nitrogens with zero attached hydrogens (tertiary/aromatic N) is 2. The molecule has 0 spiro atoms. The third-order valence-electron chi connectivity index (χ3n) is 3.79. The second kappa shape index (κ2) is 6.37. The Labute approximate surface area is 113 Å². The van der Waals surface area contributed by atoms with Crippen molar-refractivity contribution in [2.24, 2.45) is 5.41 Å². The molecule has 1 amide bonds. The van der Waals surface area contributed by atoms with Gasteiger partial charge in [-0.2, -0.15) is 5.26 Å². The summed E-state index contributed by atoms with van der Waals surface area (Å²) in [5.41, 5.74) is -0.775. The van der Waals surface area contributed by atoms with Crippen LogP contribution in [0.3, 0.4) is 0 Å². The highest BCUT2D eigenvalue weighted by Crippen LogP contribution is 2.35. The van der Waals surface area contributed by atoms with Crippen LogP contribution in [0.2, 0.25) is 0 Å². The lowest BCUT2D eigenvalue weighted by Gasteiger charge is -2.29. The number of hydrogen-bond acceptors (Lipinski definition) is 3. The number of rotatable bonds is 5. The van der Waals surface area contributed by atoms with Gasteiger partial charge in [0.2, 0.25) is 5.91 Å². The molecule has 2 N–H and O–H groups in total. The fourth-order valence-corrected chi connectivity index (χ4v) is 2.61. The molecule has 2 rings (SSSR count). The van der Waals surface area contributed by atoms with E-state index < -0.39 is 5.41 Å². The van der Waals surface area contributed by atoms with E-state index in [1.807, 2.05) is 0 Å². The van der Waals surface area contributed by atoms with Crippen LogP contribution < -0.4 is 5.32 Å². The van der Waals surface area contributed by atoms with Gasteiger partial charge < -0.3 is 10.3 Å². The summed E-state index contributed by atoms with van der Waals surface area (Å²) in [5, 5.41) is 12.2. The maximum Gasteiger partial charge on any atom is 0.240 e. The number of H-pyrrole nitrogens is 1. The highest BCUT2D eigenvalue weighted by Gasteiger charge is 2.39. The average Bonchev–Trinajstić information content (AvgIpc) is 2.97. The van der Waals surface area contributed by atoms with Crippen LogP contribution in [0.4, 0.5) is 0 Å². The van der Waals surface area contributed by atoms with Crippen LogP contribution in [0.1, 0.15) is 44.3 Å². The van der Waals surface area contributed by atoms with Crippen molar-refractivity contribution in [1.82, 2.24) is 15.3 Å². The Kier molecular flexibility index (Phi) is 4.56. The molecule has 0 aromatic carbocycles. The molecule has 1 aromatic rings. The molecular weight excluding hydrogens is 240 g/mol. The second-order valence-electron chi connectivity index (χ2n) is 5.15. The Bertz CT molecular complexity index is 441. The molecule has 5 nitrogen and oxygen atoms in total. The summed E-state index contributed by atoms with van der Waals surface area (Å²) < 4.78 is 0. The summed E-state index contributed by atoms with van der Waals surface area (Å²) in [5.74, 6) is 0.844. The number of nitrogens with one attached hydrogen (secondary N) is 2. The minimum absolute atomic E-state index is 0.0888. The molecule has 1 aromatic heterocycles. The molecule has 1 aliphatic carbocycles. The molecule has 1 heterocycles. The predicted molar refractivity (Wildman–Crippen MR) is 71.0 cm³/mol. The SMILES string of the molecule is N#CC1(C(=O)NCCCc2ncc[nH]2)CCCCC1. The molecule has 5 heteroatoms. The van der Waals surface area contributed by atoms with Gasteiger partial charge in [0.05, 0.1) is 6.07 Å². The number of amides is 1. The van der Waals surface area contributed by atoms with Crippen molar-refractivity contribution in [2.45, 2.75) is 44.9 Å². The summed E-state index contributed by atoms with van der Waals surface area (Å²) in [6, 6.07) is 2.24. The lowest BCUT2D eigenvalue weighted by Crippen LogP contribution is -2.41. The molecular formula is C14H20N4O. The lowest BCUT2D eigenvalue weighted by molar-refractivity contribution is -0.129. The van der Waals surface area contributed by atoms with Crippen molar-refractivity contribution in [2.75, 3.05) is 6.54 Å². The van der Waals surface area contributed by atoms with Crippen LogP contribution in [0.5, 0.6) is 0 Å². The Morgan fingerprint density at radius 1 is 1.47 bits per heavy atom. The Morgan fingerprint density at radius 3 is 2.89 bits per heavy atom. The van der Waals surface area contributed by atoms with E-state index in [0.717, 1.165) is 37.9 Å². The molecule has 1 aliphatic rings. The molecule has 0 unspecified atom stereocenters. The maximum absolute atomic E-state index is 12.2. The number of carbonyl (C=O) groups is 1. The molecule has 19 heavy (non-hydrogen) atoms. The zero-order chi connectivity index (χ0) is 13.6. The van der Waals surface area contributed by atoms with E-state index in [-0.39, 0.29) is 5.91 Å². The first-order chi connectivity index (χ1) is 9.27. The number of aromatic amines is 1. The van der Waals surface area contributed by atoms with Crippen LogP contribution >= 0.6 is 0 Å². The summed E-state index contributed by atoms with van der Waals surface area (Å²) in [4.78, 5) is 19.3. The van der Waals surface area contributed by atoms with E-state index >= 15 is 0 Å². The fourth-order valence-electron chi connectivity index (χ4n) is 2.61. The van der Waals surface area contributed by atoms with Gasteiger partial charge in [0.15, 0.2) is 0 Å². The Hall–Kier alpha value is -1.83. The maximum atomic E-state index is 12.2. The highest BCUT2D eigenvalue weighted by molar-refractivity contribution is 5.85. The van der Waals surface area contributed by atoms with Crippen molar-refractivity contribution in [3.63, 3.8) is 0 Å². The first-order valence-corrected chi connectivity index (χ1v) is 6.95.